The molecule has 0 saturated heterocycles. The van der Waals surface area contributed by atoms with Gasteiger partial charge in [0, 0.05) is 41.7 Å². The van der Waals surface area contributed by atoms with Crippen molar-refractivity contribution in [3.8, 4) is 0 Å². The summed E-state index contributed by atoms with van der Waals surface area (Å²) in [6.45, 7) is 1.90. The highest BCUT2D eigenvalue weighted by Crippen LogP contribution is 2.28. The molecule has 1 aromatic heterocycles. The van der Waals surface area contributed by atoms with E-state index in [4.69, 9.17) is 16.5 Å². The highest BCUT2D eigenvalue weighted by atomic mass is 35.5. The van der Waals surface area contributed by atoms with Crippen LogP contribution in [0.5, 0.6) is 0 Å². The van der Waals surface area contributed by atoms with Crippen LogP contribution in [0, 0.1) is 0 Å². The Morgan fingerprint density at radius 1 is 0.976 bits per heavy atom. The van der Waals surface area contributed by atoms with Gasteiger partial charge in [-0.15, -0.1) is 0 Å². The number of hydrogen-bond donors (Lipinski definition) is 5. The molecule has 1 unspecified atom stereocenters. The van der Waals surface area contributed by atoms with Gasteiger partial charge in [0.2, 0.25) is 17.7 Å². The third-order valence-electron chi connectivity index (χ3n) is 7.52. The van der Waals surface area contributed by atoms with Crippen molar-refractivity contribution in [3.63, 3.8) is 0 Å². The molecule has 0 radical (unpaired) electrons. The molecule has 220 valence electrons. The van der Waals surface area contributed by atoms with Crippen LogP contribution in [-0.4, -0.2) is 60.5 Å². The van der Waals surface area contributed by atoms with E-state index < -0.39 is 35.9 Å². The molecule has 5 N–H and O–H groups in total. The number of ether oxygens (including phenoxy) is 1. The van der Waals surface area contributed by atoms with Gasteiger partial charge >= 0.3 is 5.97 Å². The molecule has 10 nitrogen and oxygen atoms in total. The lowest BCUT2D eigenvalue weighted by atomic mass is 9.99. The topological polar surface area (TPSA) is 141 Å². The van der Waals surface area contributed by atoms with Crippen molar-refractivity contribution in [3.05, 3.63) is 47.5 Å². The van der Waals surface area contributed by atoms with Gasteiger partial charge in [0.1, 0.15) is 18.1 Å². The molecule has 1 aliphatic heterocycles. The molecule has 4 bridgehead atoms. The zero-order chi connectivity index (χ0) is 29.4. The van der Waals surface area contributed by atoms with E-state index in [1.165, 1.54) is 19.6 Å². The first-order valence-corrected chi connectivity index (χ1v) is 14.5. The monoisotopic (exact) mass is 583 g/mol. The van der Waals surface area contributed by atoms with Crippen LogP contribution in [0.4, 0.5) is 0 Å². The molecule has 1 aliphatic rings. The van der Waals surface area contributed by atoms with Gasteiger partial charge in [-0.25, -0.2) is 9.63 Å². The second kappa shape index (κ2) is 14.3. The Hall–Kier alpha value is -3.63. The van der Waals surface area contributed by atoms with Crippen LogP contribution in [0.3, 0.4) is 0 Å². The second-order valence-corrected chi connectivity index (χ2v) is 10.9. The van der Waals surface area contributed by atoms with Gasteiger partial charge in [-0.2, -0.15) is 0 Å². The lowest BCUT2D eigenvalue weighted by Gasteiger charge is -2.25. The van der Waals surface area contributed by atoms with Crippen LogP contribution < -0.4 is 20.8 Å². The number of methoxy groups -OCH3 is 1. The van der Waals surface area contributed by atoms with E-state index in [1.807, 2.05) is 18.2 Å². The molecule has 0 saturated carbocycles. The Labute approximate surface area is 244 Å². The number of unbranched alkanes of at least 4 members (excludes halogenated alkanes) is 1. The fourth-order valence-electron chi connectivity index (χ4n) is 5.39. The summed E-state index contributed by atoms with van der Waals surface area (Å²) in [5.41, 5.74) is 4.05. The van der Waals surface area contributed by atoms with Crippen molar-refractivity contribution in [2.24, 2.45) is 0 Å². The lowest BCUT2D eigenvalue weighted by molar-refractivity contribution is -0.145. The summed E-state index contributed by atoms with van der Waals surface area (Å²) >= 11 is 5.58. The standard InChI is InChI=1S/C30H38ClN5O5/c1-18(37)33-27-17-20-11-13-24-22(16-20)21-15-19(10-12-23(21)34-24)7-3-4-9-26(30(40)41-2)36-28(38)25(35-29(27)39)8-5-6-14-32-31/h10-13,15-16,25-27,32,34H,3-9,14,17H2,1-2H3,(H,33,37)(H,35,39)(H,36,38)/t25-,26+,27?/m1/s1. The van der Waals surface area contributed by atoms with Gasteiger partial charge in [0.05, 0.1) is 7.11 Å². The number of esters is 1. The number of aromatic amines is 1. The molecule has 2 aromatic carbocycles. The van der Waals surface area contributed by atoms with Gasteiger partial charge in [-0.3, -0.25) is 14.4 Å². The van der Waals surface area contributed by atoms with E-state index in [0.717, 1.165) is 40.2 Å². The number of H-pyrrole nitrogens is 1. The summed E-state index contributed by atoms with van der Waals surface area (Å²) in [4.78, 5) is 57.6. The summed E-state index contributed by atoms with van der Waals surface area (Å²) in [5, 5.41) is 10.5. The van der Waals surface area contributed by atoms with Crippen molar-refractivity contribution in [1.29, 1.82) is 0 Å². The molecule has 41 heavy (non-hydrogen) atoms. The summed E-state index contributed by atoms with van der Waals surface area (Å²) in [5.74, 6) is -1.84. The number of halogens is 1. The normalized spacial score (nSPS) is 20.5. The number of fused-ring (bicyclic) bond motifs is 2. The first kappa shape index (κ1) is 30.3. The second-order valence-electron chi connectivity index (χ2n) is 10.6. The molecule has 4 rings (SSSR count). The van der Waals surface area contributed by atoms with Crippen molar-refractivity contribution >= 4 is 57.3 Å². The Kier molecular flexibility index (Phi) is 10.6. The zero-order valence-corrected chi connectivity index (χ0v) is 24.2. The van der Waals surface area contributed by atoms with E-state index in [1.54, 1.807) is 0 Å². The minimum absolute atomic E-state index is 0.239. The quantitative estimate of drug-likeness (QED) is 0.164. The average molecular weight is 584 g/mol. The molecule has 0 fully saturated rings. The van der Waals surface area contributed by atoms with Crippen molar-refractivity contribution in [2.75, 3.05) is 13.7 Å². The fourth-order valence-corrected chi connectivity index (χ4v) is 5.52. The molecule has 11 heteroatoms. The highest BCUT2D eigenvalue weighted by Gasteiger charge is 2.29. The van der Waals surface area contributed by atoms with Gasteiger partial charge in [-0.1, -0.05) is 18.6 Å². The van der Waals surface area contributed by atoms with Gasteiger partial charge < -0.3 is 25.7 Å². The van der Waals surface area contributed by atoms with Crippen LogP contribution in [0.1, 0.15) is 56.6 Å². The maximum Gasteiger partial charge on any atom is 0.328 e. The lowest BCUT2D eigenvalue weighted by Crippen LogP contribution is -2.56. The van der Waals surface area contributed by atoms with Crippen LogP contribution in [0.25, 0.3) is 21.8 Å². The Balaban J connectivity index is 1.69. The highest BCUT2D eigenvalue weighted by molar-refractivity contribution is 6.13. The number of rotatable bonds is 7. The Morgan fingerprint density at radius 3 is 2.37 bits per heavy atom. The first-order chi connectivity index (χ1) is 19.8. The number of carbonyl (C=O) groups excluding carboxylic acids is 4. The SMILES string of the molecule is COC(=O)[C@@H]1CCCCc2ccc3[nH]c4ccc(cc4c3c2)CC(NC(C)=O)C(=O)N[C@H](CCCCNCl)C(=O)N1. The van der Waals surface area contributed by atoms with Crippen LogP contribution in [0.2, 0.25) is 0 Å². The summed E-state index contributed by atoms with van der Waals surface area (Å²) in [6, 6.07) is 9.65. The first-order valence-electron chi connectivity index (χ1n) is 14.1. The number of carbonyl (C=O) groups is 4. The number of amides is 3. The Bertz CT molecular complexity index is 1410. The molecule has 2 heterocycles. The fraction of sp³-hybridized carbons (Fsp3) is 0.467. The van der Waals surface area contributed by atoms with Crippen molar-refractivity contribution < 1.29 is 23.9 Å². The smallest absolute Gasteiger partial charge is 0.328 e. The number of aromatic nitrogens is 1. The third-order valence-corrected chi connectivity index (χ3v) is 7.71. The van der Waals surface area contributed by atoms with Crippen LogP contribution in [-0.2, 0) is 36.8 Å². The molecular weight excluding hydrogens is 546 g/mol. The molecule has 3 amide bonds. The number of aryl methyl sites for hydroxylation is 1. The summed E-state index contributed by atoms with van der Waals surface area (Å²) in [6.07, 6.45) is 4.60. The van der Waals surface area contributed by atoms with Crippen LogP contribution in [0.15, 0.2) is 36.4 Å². The molecule has 0 aliphatic carbocycles. The van der Waals surface area contributed by atoms with E-state index in [9.17, 15) is 19.2 Å². The van der Waals surface area contributed by atoms with E-state index in [2.05, 4.69) is 44.0 Å². The average Bonchev–Trinajstić information content (AvgIpc) is 3.31. The molecule has 3 aromatic rings. The van der Waals surface area contributed by atoms with E-state index in [-0.39, 0.29) is 12.3 Å². The number of benzene rings is 2. The van der Waals surface area contributed by atoms with E-state index >= 15 is 0 Å². The summed E-state index contributed by atoms with van der Waals surface area (Å²) < 4.78 is 4.96. The van der Waals surface area contributed by atoms with Crippen molar-refractivity contribution in [1.82, 2.24) is 25.8 Å². The van der Waals surface area contributed by atoms with Gasteiger partial charge in [0.25, 0.3) is 0 Å². The maximum absolute atomic E-state index is 13.5. The van der Waals surface area contributed by atoms with Crippen molar-refractivity contribution in [2.45, 2.75) is 76.4 Å². The van der Waals surface area contributed by atoms with Crippen LogP contribution >= 0.6 is 11.8 Å². The number of nitrogens with one attached hydrogen (secondary N) is 5. The summed E-state index contributed by atoms with van der Waals surface area (Å²) in [7, 11) is 1.29. The largest absolute Gasteiger partial charge is 0.467 e. The molecule has 0 spiro atoms. The molecule has 3 atom stereocenters. The predicted molar refractivity (Wildman–Crippen MR) is 158 cm³/mol. The maximum atomic E-state index is 13.5. The van der Waals surface area contributed by atoms with E-state index in [0.29, 0.717) is 38.6 Å². The molecular formula is C30H38ClN5O5. The minimum Gasteiger partial charge on any atom is -0.467 e. The number of hydrogen-bond acceptors (Lipinski definition) is 6. The van der Waals surface area contributed by atoms with Gasteiger partial charge in [-0.05, 0) is 85.7 Å². The minimum atomic E-state index is -0.910. The predicted octanol–water partition coefficient (Wildman–Crippen LogP) is 3.15. The van der Waals surface area contributed by atoms with Gasteiger partial charge in [0.15, 0.2) is 0 Å². The zero-order valence-electron chi connectivity index (χ0n) is 23.5. The Morgan fingerprint density at radius 2 is 1.68 bits per heavy atom. The third kappa shape index (κ3) is 7.98.